The molecule has 0 saturated heterocycles. The van der Waals surface area contributed by atoms with Gasteiger partial charge in [0.25, 0.3) is 5.91 Å². The molecule has 1 aromatic carbocycles. The lowest BCUT2D eigenvalue weighted by molar-refractivity contribution is -0.118. The van der Waals surface area contributed by atoms with Crippen LogP contribution in [0.5, 0.6) is 5.75 Å². The second-order valence-electron chi connectivity index (χ2n) is 5.38. The first-order valence-corrected chi connectivity index (χ1v) is 7.63. The maximum absolute atomic E-state index is 12.0. The number of H-pyrrole nitrogens is 1. The summed E-state index contributed by atoms with van der Waals surface area (Å²) >= 11 is 0. The molecule has 2 heterocycles. The highest BCUT2D eigenvalue weighted by Crippen LogP contribution is 2.20. The van der Waals surface area contributed by atoms with Crippen LogP contribution < -0.4 is 15.6 Å². The zero-order valence-electron chi connectivity index (χ0n) is 13.6. The Kier molecular flexibility index (Phi) is 5.06. The van der Waals surface area contributed by atoms with Crippen LogP contribution >= 0.6 is 0 Å². The van der Waals surface area contributed by atoms with Gasteiger partial charge in [-0.1, -0.05) is 6.07 Å². The third kappa shape index (κ3) is 4.21. The number of aromatic nitrogens is 2. The van der Waals surface area contributed by atoms with E-state index in [2.05, 4.69) is 15.3 Å². The lowest BCUT2D eigenvalue weighted by atomic mass is 10.1. The summed E-state index contributed by atoms with van der Waals surface area (Å²) in [6.07, 6.45) is 3.16. The largest absolute Gasteiger partial charge is 0.482 e. The van der Waals surface area contributed by atoms with Gasteiger partial charge in [0.15, 0.2) is 6.61 Å². The van der Waals surface area contributed by atoms with Gasteiger partial charge in [0.2, 0.25) is 5.56 Å². The van der Waals surface area contributed by atoms with Gasteiger partial charge < -0.3 is 19.8 Å². The number of pyridine rings is 2. The predicted octanol–water partition coefficient (Wildman–Crippen LogP) is 2.09. The molecule has 3 aromatic rings. The summed E-state index contributed by atoms with van der Waals surface area (Å²) in [5, 5.41) is 3.60. The van der Waals surface area contributed by atoms with E-state index in [1.807, 2.05) is 6.07 Å². The topological polar surface area (TPSA) is 93.3 Å². The highest BCUT2D eigenvalue weighted by atomic mass is 16.5. The Morgan fingerprint density at radius 3 is 2.92 bits per heavy atom. The Hall–Kier alpha value is -3.19. The molecule has 0 aliphatic rings. The monoisotopic (exact) mass is 339 g/mol. The normalized spacial score (nSPS) is 10.6. The fraction of sp³-hybridized carbons (Fsp3) is 0.167. The molecule has 3 rings (SSSR count). The van der Waals surface area contributed by atoms with Crippen molar-refractivity contribution < 1.29 is 14.3 Å². The molecule has 0 fully saturated rings. The van der Waals surface area contributed by atoms with Crippen LogP contribution in [0.4, 0.5) is 5.69 Å². The minimum absolute atomic E-state index is 0.135. The first-order chi connectivity index (χ1) is 12.2. The number of nitrogens with zero attached hydrogens (tertiary/aromatic N) is 1. The molecule has 0 aliphatic carbocycles. The van der Waals surface area contributed by atoms with Gasteiger partial charge in [-0.05, 0) is 29.8 Å². The van der Waals surface area contributed by atoms with Crippen molar-refractivity contribution in [3.63, 3.8) is 0 Å². The molecule has 0 aliphatic heterocycles. The Morgan fingerprint density at radius 1 is 1.28 bits per heavy atom. The maximum Gasteiger partial charge on any atom is 0.262 e. The van der Waals surface area contributed by atoms with Crippen molar-refractivity contribution in [1.82, 2.24) is 9.97 Å². The number of hydrogen-bond acceptors (Lipinski definition) is 5. The van der Waals surface area contributed by atoms with Gasteiger partial charge in [0.1, 0.15) is 5.75 Å². The smallest absolute Gasteiger partial charge is 0.262 e. The van der Waals surface area contributed by atoms with E-state index in [-0.39, 0.29) is 18.1 Å². The number of amides is 1. The third-order valence-electron chi connectivity index (χ3n) is 3.52. The van der Waals surface area contributed by atoms with Crippen LogP contribution in [-0.2, 0) is 16.1 Å². The van der Waals surface area contributed by atoms with E-state index >= 15 is 0 Å². The molecule has 0 unspecified atom stereocenters. The van der Waals surface area contributed by atoms with Gasteiger partial charge in [-0.2, -0.15) is 0 Å². The number of carbonyl (C=O) groups excluding carboxylic acids is 1. The third-order valence-corrected chi connectivity index (χ3v) is 3.52. The van der Waals surface area contributed by atoms with Crippen LogP contribution in [0.15, 0.2) is 53.6 Å². The van der Waals surface area contributed by atoms with Crippen molar-refractivity contribution in [2.24, 2.45) is 0 Å². The Labute approximate surface area is 143 Å². The van der Waals surface area contributed by atoms with Gasteiger partial charge in [0.05, 0.1) is 18.3 Å². The number of aromatic amines is 1. The molecule has 0 atom stereocenters. The number of fused-ring (bicyclic) bond motifs is 1. The summed E-state index contributed by atoms with van der Waals surface area (Å²) in [4.78, 5) is 30.4. The lowest BCUT2D eigenvalue weighted by Gasteiger charge is -2.09. The van der Waals surface area contributed by atoms with E-state index in [1.54, 1.807) is 37.6 Å². The van der Waals surface area contributed by atoms with Crippen molar-refractivity contribution in [2.75, 3.05) is 19.0 Å². The minimum atomic E-state index is -0.307. The molecule has 7 nitrogen and oxygen atoms in total. The summed E-state index contributed by atoms with van der Waals surface area (Å²) in [7, 11) is 1.57. The summed E-state index contributed by atoms with van der Waals surface area (Å²) in [6.45, 7) is 0.203. The number of methoxy groups -OCH3 is 1. The van der Waals surface area contributed by atoms with Crippen LogP contribution in [0.25, 0.3) is 10.9 Å². The second-order valence-corrected chi connectivity index (χ2v) is 5.38. The van der Waals surface area contributed by atoms with Crippen LogP contribution in [0.3, 0.4) is 0 Å². The molecule has 0 bridgehead atoms. The minimum Gasteiger partial charge on any atom is -0.482 e. The fourth-order valence-corrected chi connectivity index (χ4v) is 2.46. The highest BCUT2D eigenvalue weighted by Gasteiger charge is 2.07. The number of ether oxygens (including phenoxy) is 2. The molecule has 1 amide bonds. The molecule has 128 valence electrons. The zero-order valence-corrected chi connectivity index (χ0v) is 13.6. The van der Waals surface area contributed by atoms with Gasteiger partial charge >= 0.3 is 0 Å². The fourth-order valence-electron chi connectivity index (χ4n) is 2.46. The van der Waals surface area contributed by atoms with E-state index in [4.69, 9.17) is 9.47 Å². The average molecular weight is 339 g/mol. The standard InChI is InChI=1S/C18H17N3O4/c1-24-10-12-7-17(22)21-16-8-13(4-5-15(12)16)20-18(23)11-25-14-3-2-6-19-9-14/h2-9H,10-11H2,1H3,(H,20,23)(H,21,22). The van der Waals surface area contributed by atoms with E-state index in [0.717, 1.165) is 10.9 Å². The summed E-state index contributed by atoms with van der Waals surface area (Å²) in [6, 6.07) is 10.3. The first-order valence-electron chi connectivity index (χ1n) is 7.63. The number of carbonyl (C=O) groups is 1. The Bertz CT molecular complexity index is 938. The van der Waals surface area contributed by atoms with Crippen LogP contribution in [-0.4, -0.2) is 29.6 Å². The van der Waals surface area contributed by atoms with E-state index in [1.165, 1.54) is 12.3 Å². The Balaban J connectivity index is 1.73. The Morgan fingerprint density at radius 2 is 2.16 bits per heavy atom. The van der Waals surface area contributed by atoms with Crippen molar-refractivity contribution in [1.29, 1.82) is 0 Å². The highest BCUT2D eigenvalue weighted by molar-refractivity contribution is 5.94. The van der Waals surface area contributed by atoms with E-state index in [9.17, 15) is 9.59 Å². The summed E-state index contributed by atoms with van der Waals surface area (Å²) in [5.74, 6) is 0.211. The van der Waals surface area contributed by atoms with Gasteiger partial charge in [0, 0.05) is 30.4 Å². The molecule has 0 saturated carbocycles. The summed E-state index contributed by atoms with van der Waals surface area (Å²) < 4.78 is 10.5. The number of rotatable bonds is 6. The molecule has 2 N–H and O–H groups in total. The van der Waals surface area contributed by atoms with E-state index < -0.39 is 0 Å². The number of hydrogen-bond donors (Lipinski definition) is 2. The molecule has 7 heteroatoms. The summed E-state index contributed by atoms with van der Waals surface area (Å²) in [5.41, 5.74) is 1.77. The molecular formula is C18H17N3O4. The predicted molar refractivity (Wildman–Crippen MR) is 93.6 cm³/mol. The number of anilines is 1. The lowest BCUT2D eigenvalue weighted by Crippen LogP contribution is -2.20. The van der Waals surface area contributed by atoms with Crippen molar-refractivity contribution in [3.05, 3.63) is 64.7 Å². The van der Waals surface area contributed by atoms with Crippen molar-refractivity contribution >= 4 is 22.5 Å². The molecule has 0 radical (unpaired) electrons. The SMILES string of the molecule is COCc1cc(=O)[nH]c2cc(NC(=O)COc3cccnc3)ccc12. The van der Waals surface area contributed by atoms with Crippen molar-refractivity contribution in [3.8, 4) is 5.75 Å². The van der Waals surface area contributed by atoms with Crippen LogP contribution in [0, 0.1) is 0 Å². The van der Waals surface area contributed by atoms with Gasteiger partial charge in [-0.3, -0.25) is 14.6 Å². The average Bonchev–Trinajstić information content (AvgIpc) is 2.61. The maximum atomic E-state index is 12.0. The molecule has 25 heavy (non-hydrogen) atoms. The number of benzene rings is 1. The quantitative estimate of drug-likeness (QED) is 0.717. The second kappa shape index (κ2) is 7.59. The van der Waals surface area contributed by atoms with Gasteiger partial charge in [-0.15, -0.1) is 0 Å². The molecule has 0 spiro atoms. The molecular weight excluding hydrogens is 322 g/mol. The van der Waals surface area contributed by atoms with Gasteiger partial charge in [-0.25, -0.2) is 0 Å². The zero-order chi connectivity index (χ0) is 17.6. The number of nitrogens with one attached hydrogen (secondary N) is 2. The van der Waals surface area contributed by atoms with Crippen LogP contribution in [0.2, 0.25) is 0 Å². The van der Waals surface area contributed by atoms with E-state index in [0.29, 0.717) is 23.6 Å². The van der Waals surface area contributed by atoms with Crippen LogP contribution in [0.1, 0.15) is 5.56 Å². The molecule has 2 aromatic heterocycles. The first kappa shape index (κ1) is 16.7. The van der Waals surface area contributed by atoms with Crippen molar-refractivity contribution in [2.45, 2.75) is 6.61 Å².